The van der Waals surface area contributed by atoms with E-state index in [-0.39, 0.29) is 23.5 Å². The van der Waals surface area contributed by atoms with Crippen LogP contribution in [0.15, 0.2) is 0 Å². The number of hydrogen-bond donors (Lipinski definition) is 1. The summed E-state index contributed by atoms with van der Waals surface area (Å²) in [4.78, 5) is 18.6. The number of aryl methyl sites for hydroxylation is 3. The van der Waals surface area contributed by atoms with E-state index in [4.69, 9.17) is 0 Å². The number of fused-ring (bicyclic) bond motifs is 1. The fraction of sp³-hybridized carbons (Fsp3) is 0.588. The van der Waals surface area contributed by atoms with Gasteiger partial charge < -0.3 is 0 Å². The third-order valence-electron chi connectivity index (χ3n) is 5.17. The minimum absolute atomic E-state index is 0.0925. The van der Waals surface area contributed by atoms with Crippen molar-refractivity contribution in [1.29, 1.82) is 0 Å². The van der Waals surface area contributed by atoms with Crippen molar-refractivity contribution in [3.05, 3.63) is 27.5 Å². The van der Waals surface area contributed by atoms with Crippen molar-refractivity contribution in [2.45, 2.75) is 52.0 Å². The Hall–Kier alpha value is -1.74. The van der Waals surface area contributed by atoms with Crippen molar-refractivity contribution in [3.63, 3.8) is 0 Å². The molecule has 0 aromatic carbocycles. The molecule has 2 aromatic heterocycles. The maximum absolute atomic E-state index is 12.8. The van der Waals surface area contributed by atoms with Gasteiger partial charge in [0.1, 0.15) is 0 Å². The molecule has 1 amide bonds. The number of hydrogen-bond acceptors (Lipinski definition) is 6. The molecule has 7 nitrogen and oxygen atoms in total. The Bertz CT molecular complexity index is 951. The van der Waals surface area contributed by atoms with Gasteiger partial charge in [0.05, 0.1) is 34.5 Å². The van der Waals surface area contributed by atoms with Gasteiger partial charge >= 0.3 is 0 Å². The Balaban J connectivity index is 1.57. The maximum Gasteiger partial charge on any atom is 0.261 e. The molecule has 0 saturated carbocycles. The van der Waals surface area contributed by atoms with E-state index in [2.05, 4.69) is 15.4 Å². The zero-order valence-corrected chi connectivity index (χ0v) is 16.5. The fourth-order valence-corrected chi connectivity index (χ4v) is 6.62. The third kappa shape index (κ3) is 3.18. The Labute approximate surface area is 156 Å². The van der Waals surface area contributed by atoms with Crippen molar-refractivity contribution in [2.75, 3.05) is 16.8 Å². The smallest absolute Gasteiger partial charge is 0.261 e. The first-order chi connectivity index (χ1) is 12.3. The molecule has 9 heteroatoms. The molecule has 0 spiro atoms. The molecule has 1 aliphatic heterocycles. The summed E-state index contributed by atoms with van der Waals surface area (Å²) in [6, 6.07) is -0.188. The van der Waals surface area contributed by atoms with Crippen LogP contribution in [-0.4, -0.2) is 40.6 Å². The number of amides is 1. The first-order valence-corrected chi connectivity index (χ1v) is 11.5. The van der Waals surface area contributed by atoms with Crippen LogP contribution in [-0.2, 0) is 22.7 Å². The lowest BCUT2D eigenvalue weighted by molar-refractivity contribution is 0.102. The molecule has 4 rings (SSSR count). The van der Waals surface area contributed by atoms with Crippen molar-refractivity contribution in [1.82, 2.24) is 14.8 Å². The maximum atomic E-state index is 12.8. The van der Waals surface area contributed by atoms with Gasteiger partial charge in [-0.1, -0.05) is 0 Å². The molecule has 1 fully saturated rings. The van der Waals surface area contributed by atoms with E-state index in [0.717, 1.165) is 25.0 Å². The summed E-state index contributed by atoms with van der Waals surface area (Å²) in [5.41, 5.74) is 2.95. The zero-order valence-electron chi connectivity index (χ0n) is 14.9. The second-order valence-electron chi connectivity index (χ2n) is 7.10. The van der Waals surface area contributed by atoms with Gasteiger partial charge in [0.15, 0.2) is 15.0 Å². The monoisotopic (exact) mass is 394 g/mol. The summed E-state index contributed by atoms with van der Waals surface area (Å²) in [6.07, 6.45) is 4.89. The second kappa shape index (κ2) is 6.45. The lowest BCUT2D eigenvalue weighted by atomic mass is 10.0. The summed E-state index contributed by atoms with van der Waals surface area (Å²) in [5, 5.41) is 8.01. The molecule has 0 bridgehead atoms. The van der Waals surface area contributed by atoms with Crippen LogP contribution in [0.2, 0.25) is 0 Å². The highest BCUT2D eigenvalue weighted by molar-refractivity contribution is 7.91. The van der Waals surface area contributed by atoms with Gasteiger partial charge in [0.25, 0.3) is 5.91 Å². The predicted molar refractivity (Wildman–Crippen MR) is 101 cm³/mol. The molecular formula is C17H22N4O3S2. The highest BCUT2D eigenvalue weighted by Crippen LogP contribution is 2.31. The molecule has 0 radical (unpaired) electrons. The van der Waals surface area contributed by atoms with Crippen LogP contribution < -0.4 is 5.32 Å². The van der Waals surface area contributed by atoms with E-state index in [1.54, 1.807) is 22.9 Å². The molecule has 1 saturated heterocycles. The van der Waals surface area contributed by atoms with Crippen LogP contribution in [0.1, 0.15) is 57.6 Å². The van der Waals surface area contributed by atoms with E-state index in [9.17, 15) is 13.2 Å². The zero-order chi connectivity index (χ0) is 18.5. The van der Waals surface area contributed by atoms with E-state index in [1.165, 1.54) is 11.3 Å². The van der Waals surface area contributed by atoms with E-state index >= 15 is 0 Å². The SMILES string of the molecule is Cc1nn(C2CCS(=O)(=O)C2)c(C)c1C(=O)Nc1nc2c(s1)CCCC2. The minimum Gasteiger partial charge on any atom is -0.298 e. The van der Waals surface area contributed by atoms with Crippen molar-refractivity contribution < 1.29 is 13.2 Å². The molecular weight excluding hydrogens is 372 g/mol. The van der Waals surface area contributed by atoms with Gasteiger partial charge in [-0.25, -0.2) is 13.4 Å². The van der Waals surface area contributed by atoms with Gasteiger partial charge in [-0.2, -0.15) is 5.10 Å². The number of nitrogens with one attached hydrogen (secondary N) is 1. The van der Waals surface area contributed by atoms with Crippen LogP contribution in [0.3, 0.4) is 0 Å². The van der Waals surface area contributed by atoms with E-state index in [0.29, 0.717) is 28.5 Å². The molecule has 2 aliphatic rings. The van der Waals surface area contributed by atoms with E-state index in [1.807, 2.05) is 6.92 Å². The largest absolute Gasteiger partial charge is 0.298 e. The number of aromatic nitrogens is 3. The number of carbonyl (C=O) groups is 1. The Kier molecular flexibility index (Phi) is 4.38. The molecule has 1 atom stereocenters. The summed E-state index contributed by atoms with van der Waals surface area (Å²) < 4.78 is 25.2. The molecule has 140 valence electrons. The van der Waals surface area contributed by atoms with Gasteiger partial charge in [-0.3, -0.25) is 14.8 Å². The number of anilines is 1. The molecule has 1 unspecified atom stereocenters. The van der Waals surface area contributed by atoms with Crippen LogP contribution in [0, 0.1) is 13.8 Å². The number of nitrogens with zero attached hydrogens (tertiary/aromatic N) is 3. The summed E-state index contributed by atoms with van der Waals surface area (Å²) in [6.45, 7) is 3.61. The molecule has 1 N–H and O–H groups in total. The number of rotatable bonds is 3. The Morgan fingerprint density at radius 2 is 2.04 bits per heavy atom. The van der Waals surface area contributed by atoms with Crippen molar-refractivity contribution in [2.24, 2.45) is 0 Å². The minimum atomic E-state index is -3.00. The first-order valence-electron chi connectivity index (χ1n) is 8.90. The van der Waals surface area contributed by atoms with Crippen molar-refractivity contribution >= 4 is 32.2 Å². The average molecular weight is 395 g/mol. The second-order valence-corrected chi connectivity index (χ2v) is 10.4. The normalized spacial score (nSPS) is 21.5. The van der Waals surface area contributed by atoms with Crippen LogP contribution in [0.4, 0.5) is 5.13 Å². The van der Waals surface area contributed by atoms with Crippen LogP contribution in [0.25, 0.3) is 0 Å². The van der Waals surface area contributed by atoms with E-state index < -0.39 is 9.84 Å². The van der Waals surface area contributed by atoms with Crippen LogP contribution >= 0.6 is 11.3 Å². The van der Waals surface area contributed by atoms with Gasteiger partial charge in [0, 0.05) is 10.6 Å². The summed E-state index contributed by atoms with van der Waals surface area (Å²) in [5.74, 6) is 0.0513. The number of thiazole rings is 1. The average Bonchev–Trinajstić information content (AvgIpc) is 3.22. The topological polar surface area (TPSA) is 94.0 Å². The summed E-state index contributed by atoms with van der Waals surface area (Å²) >= 11 is 1.55. The Morgan fingerprint density at radius 1 is 1.27 bits per heavy atom. The first kappa shape index (κ1) is 17.7. The summed E-state index contributed by atoms with van der Waals surface area (Å²) in [7, 11) is -3.00. The molecule has 26 heavy (non-hydrogen) atoms. The Morgan fingerprint density at radius 3 is 2.73 bits per heavy atom. The quantitative estimate of drug-likeness (QED) is 0.863. The van der Waals surface area contributed by atoms with Gasteiger partial charge in [0.2, 0.25) is 0 Å². The van der Waals surface area contributed by atoms with Gasteiger partial charge in [-0.05, 0) is 46.0 Å². The number of carbonyl (C=O) groups excluding carboxylic acids is 1. The highest BCUT2D eigenvalue weighted by atomic mass is 32.2. The standard InChI is InChI=1S/C17H22N4O3S2/c1-10-15(11(2)21(20-10)12-7-8-26(23,24)9-12)16(22)19-17-18-13-5-3-4-6-14(13)25-17/h12H,3-9H2,1-2H3,(H,18,19,22). The molecule has 3 heterocycles. The molecule has 1 aliphatic carbocycles. The highest BCUT2D eigenvalue weighted by Gasteiger charge is 2.32. The van der Waals surface area contributed by atoms with Crippen LogP contribution in [0.5, 0.6) is 0 Å². The predicted octanol–water partition coefficient (Wildman–Crippen LogP) is 2.45. The lowest BCUT2D eigenvalue weighted by Gasteiger charge is -2.11. The third-order valence-corrected chi connectivity index (χ3v) is 8.00. The lowest BCUT2D eigenvalue weighted by Crippen LogP contribution is -2.16. The number of sulfone groups is 1. The van der Waals surface area contributed by atoms with Crippen molar-refractivity contribution in [3.8, 4) is 0 Å². The van der Waals surface area contributed by atoms with Gasteiger partial charge in [-0.15, -0.1) is 11.3 Å². The fourth-order valence-electron chi connectivity index (χ4n) is 3.88. The molecule has 2 aromatic rings.